The topological polar surface area (TPSA) is 85.1 Å². The Morgan fingerprint density at radius 2 is 2.40 bits per heavy atom. The number of nitrogen functional groups attached to an aromatic ring is 1. The third-order valence-corrected chi connectivity index (χ3v) is 4.54. The third kappa shape index (κ3) is 2.56. The zero-order chi connectivity index (χ0) is 13.9. The lowest BCUT2D eigenvalue weighted by Gasteiger charge is -2.18. The average molecular weight is 293 g/mol. The van der Waals surface area contributed by atoms with E-state index in [9.17, 15) is 0 Å². The van der Waals surface area contributed by atoms with Crippen LogP contribution in [-0.4, -0.2) is 29.2 Å². The summed E-state index contributed by atoms with van der Waals surface area (Å²) in [5.74, 6) is 7.24. The molecule has 6 nitrogen and oxygen atoms in total. The van der Waals surface area contributed by atoms with Gasteiger partial charge in [-0.25, -0.2) is 10.8 Å². The number of nitrogens with one attached hydrogen (secondary N) is 2. The van der Waals surface area contributed by atoms with Crippen LogP contribution in [0.3, 0.4) is 0 Å². The molecule has 0 amide bonds. The number of thiophene rings is 1. The van der Waals surface area contributed by atoms with E-state index in [4.69, 9.17) is 10.6 Å². The molecular weight excluding hydrogens is 274 g/mol. The second kappa shape index (κ2) is 5.90. The van der Waals surface area contributed by atoms with Crippen LogP contribution in [0.25, 0.3) is 10.2 Å². The maximum Gasteiger partial charge on any atom is 0.240 e. The molecule has 2 aromatic heterocycles. The van der Waals surface area contributed by atoms with Crippen molar-refractivity contribution < 1.29 is 4.74 Å². The lowest BCUT2D eigenvalue weighted by atomic mass is 10.00. The fraction of sp³-hybridized carbons (Fsp3) is 0.538. The van der Waals surface area contributed by atoms with Crippen molar-refractivity contribution in [3.05, 3.63) is 11.4 Å². The first-order valence-corrected chi connectivity index (χ1v) is 7.77. The smallest absolute Gasteiger partial charge is 0.240 e. The van der Waals surface area contributed by atoms with Crippen LogP contribution in [0.1, 0.15) is 19.8 Å². The molecule has 2 unspecified atom stereocenters. The summed E-state index contributed by atoms with van der Waals surface area (Å²) >= 11 is 1.58. The summed E-state index contributed by atoms with van der Waals surface area (Å²) in [6.07, 6.45) is 2.51. The van der Waals surface area contributed by atoms with E-state index < -0.39 is 0 Å². The number of hydrogen-bond acceptors (Lipinski definition) is 7. The second-order valence-electron chi connectivity index (χ2n) is 4.93. The van der Waals surface area contributed by atoms with Crippen LogP contribution in [0.5, 0.6) is 0 Å². The van der Waals surface area contributed by atoms with Crippen LogP contribution >= 0.6 is 11.3 Å². The molecule has 1 aliphatic heterocycles. The summed E-state index contributed by atoms with van der Waals surface area (Å²) < 4.78 is 5.72. The van der Waals surface area contributed by atoms with Crippen molar-refractivity contribution in [1.29, 1.82) is 0 Å². The van der Waals surface area contributed by atoms with E-state index in [1.807, 2.05) is 11.4 Å². The van der Waals surface area contributed by atoms with E-state index in [2.05, 4.69) is 27.6 Å². The predicted octanol–water partition coefficient (Wildman–Crippen LogP) is 2.20. The minimum atomic E-state index is 0.356. The Morgan fingerprint density at radius 1 is 1.50 bits per heavy atom. The van der Waals surface area contributed by atoms with Gasteiger partial charge < -0.3 is 10.1 Å². The Hall–Kier alpha value is -1.44. The predicted molar refractivity (Wildman–Crippen MR) is 81.9 cm³/mol. The first-order chi connectivity index (χ1) is 9.81. The largest absolute Gasteiger partial charge is 0.378 e. The number of hydrogen-bond donors (Lipinski definition) is 3. The van der Waals surface area contributed by atoms with Gasteiger partial charge in [-0.05, 0) is 24.3 Å². The van der Waals surface area contributed by atoms with Crippen LogP contribution < -0.4 is 16.6 Å². The molecule has 1 saturated heterocycles. The summed E-state index contributed by atoms with van der Waals surface area (Å²) in [6.45, 7) is 3.89. The fourth-order valence-electron chi connectivity index (χ4n) is 2.66. The van der Waals surface area contributed by atoms with Gasteiger partial charge in [0.1, 0.15) is 10.6 Å². The van der Waals surface area contributed by atoms with Crippen LogP contribution in [0, 0.1) is 5.92 Å². The number of ether oxygens (including phenoxy) is 1. The van der Waals surface area contributed by atoms with Gasteiger partial charge in [-0.3, -0.25) is 5.43 Å². The molecule has 2 aromatic rings. The highest BCUT2D eigenvalue weighted by molar-refractivity contribution is 7.16. The zero-order valence-electron chi connectivity index (χ0n) is 11.4. The van der Waals surface area contributed by atoms with Gasteiger partial charge >= 0.3 is 0 Å². The van der Waals surface area contributed by atoms with E-state index in [0.717, 1.165) is 42.0 Å². The Kier molecular flexibility index (Phi) is 4.00. The van der Waals surface area contributed by atoms with Crippen LogP contribution in [-0.2, 0) is 4.74 Å². The van der Waals surface area contributed by atoms with Crippen molar-refractivity contribution in [2.75, 3.05) is 23.9 Å². The summed E-state index contributed by atoms with van der Waals surface area (Å²) in [4.78, 5) is 9.68. The summed E-state index contributed by atoms with van der Waals surface area (Å²) in [7, 11) is 0. The maximum atomic E-state index is 5.72. The molecular formula is C13H19N5OS. The minimum Gasteiger partial charge on any atom is -0.378 e. The number of hydrazine groups is 1. The van der Waals surface area contributed by atoms with Gasteiger partial charge in [-0.2, -0.15) is 4.98 Å². The van der Waals surface area contributed by atoms with Crippen molar-refractivity contribution in [2.24, 2.45) is 11.8 Å². The van der Waals surface area contributed by atoms with E-state index >= 15 is 0 Å². The van der Waals surface area contributed by atoms with Gasteiger partial charge in [0, 0.05) is 19.1 Å². The normalized spacial score (nSPS) is 22.3. The average Bonchev–Trinajstić information content (AvgIpc) is 3.12. The summed E-state index contributed by atoms with van der Waals surface area (Å²) in [5.41, 5.74) is 2.52. The second-order valence-corrected chi connectivity index (χ2v) is 5.82. The van der Waals surface area contributed by atoms with E-state index in [0.29, 0.717) is 18.0 Å². The minimum absolute atomic E-state index is 0.356. The van der Waals surface area contributed by atoms with Gasteiger partial charge in [-0.1, -0.05) is 6.92 Å². The van der Waals surface area contributed by atoms with E-state index in [1.165, 1.54) is 0 Å². The molecule has 0 saturated carbocycles. The first-order valence-electron chi connectivity index (χ1n) is 6.89. The quantitative estimate of drug-likeness (QED) is 0.579. The SMILES string of the molecule is CCC1OCCC1CNc1nc(NN)nc2sccc12. The molecule has 3 heterocycles. The number of anilines is 2. The molecule has 1 fully saturated rings. The number of rotatable bonds is 5. The lowest BCUT2D eigenvalue weighted by Crippen LogP contribution is -2.23. The first kappa shape index (κ1) is 13.5. The van der Waals surface area contributed by atoms with Crippen molar-refractivity contribution in [2.45, 2.75) is 25.9 Å². The number of aromatic nitrogens is 2. The van der Waals surface area contributed by atoms with Crippen molar-refractivity contribution in [3.63, 3.8) is 0 Å². The Bertz CT molecular complexity index is 587. The zero-order valence-corrected chi connectivity index (χ0v) is 12.2. The number of nitrogens with zero attached hydrogens (tertiary/aromatic N) is 2. The highest BCUT2D eigenvalue weighted by Gasteiger charge is 2.26. The Morgan fingerprint density at radius 3 is 3.20 bits per heavy atom. The standard InChI is InChI=1S/C13H19N5OS/c1-2-10-8(3-5-19-10)7-15-11-9-4-6-20-12(9)17-13(16-11)18-14/h4,6,8,10H,2-3,5,7,14H2,1H3,(H2,15,16,17,18). The number of nitrogens with two attached hydrogens (primary N) is 1. The molecule has 108 valence electrons. The molecule has 7 heteroatoms. The van der Waals surface area contributed by atoms with Gasteiger partial charge in [0.15, 0.2) is 0 Å². The lowest BCUT2D eigenvalue weighted by molar-refractivity contribution is 0.0900. The van der Waals surface area contributed by atoms with Gasteiger partial charge in [0.05, 0.1) is 11.5 Å². The maximum absolute atomic E-state index is 5.72. The van der Waals surface area contributed by atoms with Crippen molar-refractivity contribution >= 4 is 33.3 Å². The highest BCUT2D eigenvalue weighted by atomic mass is 32.1. The van der Waals surface area contributed by atoms with Crippen molar-refractivity contribution in [3.8, 4) is 0 Å². The molecule has 0 aliphatic carbocycles. The highest BCUT2D eigenvalue weighted by Crippen LogP contribution is 2.28. The molecule has 3 rings (SSSR count). The van der Waals surface area contributed by atoms with Gasteiger partial charge in [0.25, 0.3) is 0 Å². The van der Waals surface area contributed by atoms with Crippen LogP contribution in [0.2, 0.25) is 0 Å². The molecule has 0 bridgehead atoms. The molecule has 20 heavy (non-hydrogen) atoms. The molecule has 2 atom stereocenters. The molecule has 0 spiro atoms. The summed E-state index contributed by atoms with van der Waals surface area (Å²) in [5, 5.41) is 6.49. The van der Waals surface area contributed by atoms with E-state index in [-0.39, 0.29) is 0 Å². The third-order valence-electron chi connectivity index (χ3n) is 3.73. The molecule has 0 aromatic carbocycles. The summed E-state index contributed by atoms with van der Waals surface area (Å²) in [6, 6.07) is 2.03. The van der Waals surface area contributed by atoms with Crippen molar-refractivity contribution in [1.82, 2.24) is 9.97 Å². The fourth-order valence-corrected chi connectivity index (χ4v) is 3.42. The number of fused-ring (bicyclic) bond motifs is 1. The van der Waals surface area contributed by atoms with E-state index in [1.54, 1.807) is 11.3 Å². The Balaban J connectivity index is 1.78. The van der Waals surface area contributed by atoms with Gasteiger partial charge in [-0.15, -0.1) is 11.3 Å². The molecule has 0 radical (unpaired) electrons. The van der Waals surface area contributed by atoms with Crippen LogP contribution in [0.15, 0.2) is 11.4 Å². The molecule has 1 aliphatic rings. The van der Waals surface area contributed by atoms with Gasteiger partial charge in [0.2, 0.25) is 5.95 Å². The Labute approximate surface area is 121 Å². The molecule has 4 N–H and O–H groups in total. The van der Waals surface area contributed by atoms with Crippen LogP contribution in [0.4, 0.5) is 11.8 Å². The monoisotopic (exact) mass is 293 g/mol.